The van der Waals surface area contributed by atoms with E-state index in [2.05, 4.69) is 15.8 Å². The van der Waals surface area contributed by atoms with Gasteiger partial charge in [-0.25, -0.2) is 10.5 Å². The molecule has 0 saturated heterocycles. The molecule has 0 aliphatic heterocycles. The van der Waals surface area contributed by atoms with Crippen molar-refractivity contribution in [3.63, 3.8) is 0 Å². The fourth-order valence-corrected chi connectivity index (χ4v) is 2.83. The van der Waals surface area contributed by atoms with Crippen LogP contribution < -0.4 is 16.3 Å². The summed E-state index contributed by atoms with van der Waals surface area (Å²) in [4.78, 5) is 21.5. The van der Waals surface area contributed by atoms with Gasteiger partial charge in [-0.15, -0.1) is 0 Å². The van der Waals surface area contributed by atoms with Gasteiger partial charge in [-0.3, -0.25) is 9.63 Å². The number of fused-ring (bicyclic) bond motifs is 1. The van der Waals surface area contributed by atoms with Crippen molar-refractivity contribution in [3.05, 3.63) is 52.4 Å². The second-order valence-electron chi connectivity index (χ2n) is 5.26. The van der Waals surface area contributed by atoms with Crippen LogP contribution in [0, 0.1) is 0 Å². The number of hydroxylamine groups is 1. The summed E-state index contributed by atoms with van der Waals surface area (Å²) in [5, 5.41) is 12.4. The van der Waals surface area contributed by atoms with Crippen LogP contribution >= 0.6 is 23.2 Å². The Labute approximate surface area is 160 Å². The highest BCUT2D eigenvalue weighted by Crippen LogP contribution is 2.34. The van der Waals surface area contributed by atoms with E-state index in [-0.39, 0.29) is 23.8 Å². The zero-order chi connectivity index (χ0) is 18.7. The summed E-state index contributed by atoms with van der Waals surface area (Å²) in [6.07, 6.45) is 4.77. The van der Waals surface area contributed by atoms with Crippen molar-refractivity contribution in [1.29, 1.82) is 0 Å². The van der Waals surface area contributed by atoms with Crippen molar-refractivity contribution in [1.82, 2.24) is 14.9 Å². The lowest BCUT2D eigenvalue weighted by molar-refractivity contribution is 0.0168. The number of halogens is 2. The molecular formula is C16H13BCl2N4O3. The number of aromatic nitrogens is 2. The molecule has 0 bridgehead atoms. The van der Waals surface area contributed by atoms with E-state index in [9.17, 15) is 4.79 Å². The van der Waals surface area contributed by atoms with Gasteiger partial charge in [0.15, 0.2) is 5.65 Å². The number of hydrogen-bond acceptors (Lipinski definition) is 5. The number of imidazole rings is 1. The molecule has 26 heavy (non-hydrogen) atoms. The molecule has 10 heteroatoms. The van der Waals surface area contributed by atoms with E-state index in [0.717, 1.165) is 0 Å². The third kappa shape index (κ3) is 3.78. The lowest BCUT2D eigenvalue weighted by atomic mass is 9.96. The Balaban J connectivity index is 2.04. The van der Waals surface area contributed by atoms with Gasteiger partial charge in [0.2, 0.25) is 0 Å². The highest BCUT2D eigenvalue weighted by atomic mass is 35.5. The van der Waals surface area contributed by atoms with Crippen molar-refractivity contribution in [2.75, 3.05) is 18.5 Å². The third-order valence-electron chi connectivity index (χ3n) is 3.48. The minimum atomic E-state index is -0.551. The average molecular weight is 391 g/mol. The highest BCUT2D eigenvalue weighted by molar-refractivity contribution is 6.39. The molecule has 1 aromatic carbocycles. The zero-order valence-electron chi connectivity index (χ0n) is 13.4. The number of nitrogens with zero attached hydrogens (tertiary/aromatic N) is 2. The molecule has 0 saturated carbocycles. The standard InChI is InChI=1S/C16H13BCl2N4O3/c17-9-1-2-12(11(18)7-9)21-14-10(16(25)22-26-6-5-24)8-23-4-3-20-15(23)13(14)19/h1-4,7-8,21,24H,5-6H2,(H,22,25). The number of nitrogens with one attached hydrogen (secondary N) is 2. The number of carbonyl (C=O) groups excluding carboxylic acids is 1. The molecule has 7 nitrogen and oxygen atoms in total. The van der Waals surface area contributed by atoms with Gasteiger partial charge in [-0.05, 0) is 12.1 Å². The highest BCUT2D eigenvalue weighted by Gasteiger charge is 2.20. The van der Waals surface area contributed by atoms with Crippen LogP contribution in [-0.4, -0.2) is 41.5 Å². The topological polar surface area (TPSA) is 87.9 Å². The van der Waals surface area contributed by atoms with E-state index >= 15 is 0 Å². The van der Waals surface area contributed by atoms with E-state index in [0.29, 0.717) is 27.5 Å². The summed E-state index contributed by atoms with van der Waals surface area (Å²) >= 11 is 12.7. The first-order valence-corrected chi connectivity index (χ1v) is 8.27. The SMILES string of the molecule is [B]c1ccc(Nc2c(C(=O)NOCCO)cn3ccnc3c2Cl)c(Cl)c1. The Kier molecular flexibility index (Phi) is 5.68. The van der Waals surface area contributed by atoms with Crippen LogP contribution in [0.25, 0.3) is 5.65 Å². The van der Waals surface area contributed by atoms with Gasteiger partial charge in [-0.2, -0.15) is 0 Å². The summed E-state index contributed by atoms with van der Waals surface area (Å²) in [7, 11) is 5.70. The molecule has 0 aliphatic rings. The Morgan fingerprint density at radius 1 is 1.38 bits per heavy atom. The Morgan fingerprint density at radius 3 is 2.92 bits per heavy atom. The molecule has 132 valence electrons. The van der Waals surface area contributed by atoms with Crippen molar-refractivity contribution in [2.24, 2.45) is 0 Å². The third-order valence-corrected chi connectivity index (χ3v) is 4.15. The Hall–Kier alpha value is -2.26. The van der Waals surface area contributed by atoms with Gasteiger partial charge in [0, 0.05) is 18.6 Å². The first kappa shape index (κ1) is 18.5. The Bertz CT molecular complexity index is 964. The molecule has 2 radical (unpaired) electrons. The largest absolute Gasteiger partial charge is 0.394 e. The predicted molar refractivity (Wildman–Crippen MR) is 101 cm³/mol. The lowest BCUT2D eigenvalue weighted by Crippen LogP contribution is -2.26. The molecule has 2 heterocycles. The second kappa shape index (κ2) is 7.97. The van der Waals surface area contributed by atoms with Crippen LogP contribution in [0.5, 0.6) is 0 Å². The molecule has 3 N–H and O–H groups in total. The number of pyridine rings is 1. The van der Waals surface area contributed by atoms with Crippen molar-refractivity contribution >= 4 is 59.4 Å². The van der Waals surface area contributed by atoms with Crippen LogP contribution in [0.1, 0.15) is 10.4 Å². The van der Waals surface area contributed by atoms with E-state index in [1.165, 1.54) is 0 Å². The molecule has 3 aromatic rings. The Morgan fingerprint density at radius 2 is 2.19 bits per heavy atom. The maximum absolute atomic E-state index is 12.5. The zero-order valence-corrected chi connectivity index (χ0v) is 14.9. The van der Waals surface area contributed by atoms with Gasteiger partial charge in [-0.1, -0.05) is 34.7 Å². The molecule has 1 amide bonds. The number of hydrogen-bond donors (Lipinski definition) is 3. The van der Waals surface area contributed by atoms with E-state index in [1.807, 2.05) is 0 Å². The maximum Gasteiger partial charge on any atom is 0.278 e. The smallest absolute Gasteiger partial charge is 0.278 e. The van der Waals surface area contributed by atoms with Gasteiger partial charge in [0.1, 0.15) is 12.9 Å². The minimum Gasteiger partial charge on any atom is -0.394 e. The normalized spacial score (nSPS) is 10.9. The quantitative estimate of drug-likeness (QED) is 0.339. The van der Waals surface area contributed by atoms with E-state index < -0.39 is 5.91 Å². The summed E-state index contributed by atoms with van der Waals surface area (Å²) < 4.78 is 1.61. The molecule has 0 unspecified atom stereocenters. The molecular weight excluding hydrogens is 378 g/mol. The summed E-state index contributed by atoms with van der Waals surface area (Å²) in [6, 6.07) is 4.92. The first-order chi connectivity index (χ1) is 12.5. The van der Waals surface area contributed by atoms with Gasteiger partial charge in [0.05, 0.1) is 35.2 Å². The second-order valence-corrected chi connectivity index (χ2v) is 6.04. The number of rotatable bonds is 6. The molecule has 0 aliphatic carbocycles. The van der Waals surface area contributed by atoms with Gasteiger partial charge in [0.25, 0.3) is 5.91 Å². The molecule has 0 fully saturated rings. The summed E-state index contributed by atoms with van der Waals surface area (Å²) in [5.41, 5.74) is 4.25. The average Bonchev–Trinajstić information content (AvgIpc) is 3.08. The van der Waals surface area contributed by atoms with Crippen molar-refractivity contribution in [3.8, 4) is 0 Å². The maximum atomic E-state index is 12.5. The van der Waals surface area contributed by atoms with Crippen LogP contribution in [0.3, 0.4) is 0 Å². The molecule has 0 spiro atoms. The number of amides is 1. The number of aliphatic hydroxyl groups excluding tert-OH is 1. The van der Waals surface area contributed by atoms with Crippen LogP contribution in [0.2, 0.25) is 10.0 Å². The monoisotopic (exact) mass is 390 g/mol. The van der Waals surface area contributed by atoms with Crippen LogP contribution in [0.4, 0.5) is 11.4 Å². The number of anilines is 2. The molecule has 3 rings (SSSR count). The van der Waals surface area contributed by atoms with Crippen LogP contribution in [-0.2, 0) is 4.84 Å². The summed E-state index contributed by atoms with van der Waals surface area (Å²) in [5.74, 6) is -0.551. The molecule has 2 aromatic heterocycles. The lowest BCUT2D eigenvalue weighted by Gasteiger charge is -2.16. The number of benzene rings is 1. The minimum absolute atomic E-state index is 0.0423. The fraction of sp³-hybridized carbons (Fsp3) is 0.125. The fourth-order valence-electron chi connectivity index (χ4n) is 2.30. The molecule has 0 atom stereocenters. The number of aliphatic hydroxyl groups is 1. The number of carbonyl (C=O) groups is 1. The summed E-state index contributed by atoms with van der Waals surface area (Å²) in [6.45, 7) is -0.271. The van der Waals surface area contributed by atoms with Gasteiger partial charge >= 0.3 is 0 Å². The van der Waals surface area contributed by atoms with Gasteiger partial charge < -0.3 is 14.8 Å². The van der Waals surface area contributed by atoms with Crippen molar-refractivity contribution in [2.45, 2.75) is 0 Å². The first-order valence-electron chi connectivity index (χ1n) is 7.51. The van der Waals surface area contributed by atoms with Crippen LogP contribution in [0.15, 0.2) is 36.8 Å². The predicted octanol–water partition coefficient (Wildman–Crippen LogP) is 1.83. The van der Waals surface area contributed by atoms with Crippen molar-refractivity contribution < 1.29 is 14.7 Å². The van der Waals surface area contributed by atoms with E-state index in [4.69, 9.17) is 41.0 Å². The van der Waals surface area contributed by atoms with E-state index in [1.54, 1.807) is 41.2 Å².